The van der Waals surface area contributed by atoms with Crippen LogP contribution < -0.4 is 0 Å². The van der Waals surface area contributed by atoms with Gasteiger partial charge in [-0.1, -0.05) is 13.8 Å². The predicted octanol–water partition coefficient (Wildman–Crippen LogP) is 2.62. The molecule has 1 aliphatic heterocycles. The molecule has 5 nitrogen and oxygen atoms in total. The van der Waals surface area contributed by atoms with E-state index >= 15 is 0 Å². The van der Waals surface area contributed by atoms with E-state index in [9.17, 15) is 17.2 Å². The number of hydrogen-bond acceptors (Lipinski definition) is 3. The Bertz CT molecular complexity index is 746. The Morgan fingerprint density at radius 1 is 1.43 bits per heavy atom. The first-order valence-corrected chi connectivity index (χ1v) is 9.59. The zero-order valence-corrected chi connectivity index (χ0v) is 14.1. The normalized spacial score (nSPS) is 37.6. The number of imidazole rings is 1. The number of fused-ring (bicyclic) bond motifs is 1. The van der Waals surface area contributed by atoms with Crippen LogP contribution in [0.1, 0.15) is 45.5 Å². The summed E-state index contributed by atoms with van der Waals surface area (Å²) < 4.78 is 53.8. The molecule has 0 N–H and O–H groups in total. The van der Waals surface area contributed by atoms with E-state index in [2.05, 4.69) is 18.8 Å². The molecular weight excluding hydrogens is 324 g/mol. The zero-order valence-electron chi connectivity index (χ0n) is 13.2. The van der Waals surface area contributed by atoms with Crippen molar-refractivity contribution >= 4 is 10.0 Å². The van der Waals surface area contributed by atoms with Crippen LogP contribution in [0.3, 0.4) is 0 Å². The molecule has 1 saturated heterocycles. The summed E-state index contributed by atoms with van der Waals surface area (Å²) >= 11 is 0. The van der Waals surface area contributed by atoms with Gasteiger partial charge in [-0.25, -0.2) is 13.4 Å². The van der Waals surface area contributed by atoms with Gasteiger partial charge in [0.25, 0.3) is 0 Å². The van der Waals surface area contributed by atoms with Gasteiger partial charge in [0.05, 0.1) is 12.3 Å². The van der Waals surface area contributed by atoms with Crippen LogP contribution in [0.5, 0.6) is 0 Å². The van der Waals surface area contributed by atoms with Crippen LogP contribution in [0.2, 0.25) is 0 Å². The van der Waals surface area contributed by atoms with Crippen LogP contribution in [0.15, 0.2) is 12.4 Å². The summed E-state index contributed by atoms with van der Waals surface area (Å²) in [6.07, 6.45) is 5.31. The van der Waals surface area contributed by atoms with Crippen molar-refractivity contribution in [2.45, 2.75) is 52.2 Å². The number of rotatable bonds is 3. The Balaban J connectivity index is 1.71. The fraction of sp³-hybridized carbons (Fsp3) is 0.800. The molecule has 128 valence electrons. The molecule has 2 bridgehead atoms. The molecular formula is C15H21F2N3O2S. The number of halogens is 2. The Hall–Kier alpha value is -1.02. The standard InChI is InChI=1S/C15H21F2N3O2S/c1-14(2)10-3-4-15(14)9-23(21,22)20(11(15)7-10)8-12-18-5-6-19(12)13(16)17/h5-6,10-11,13H,3-4,7-9H2,1-2H3/t10-,11-,15+/m1/s1. The predicted molar refractivity (Wildman–Crippen MR) is 80.2 cm³/mol. The van der Waals surface area contributed by atoms with Crippen LogP contribution in [0.25, 0.3) is 0 Å². The van der Waals surface area contributed by atoms with E-state index in [0.717, 1.165) is 23.8 Å². The van der Waals surface area contributed by atoms with Crippen molar-refractivity contribution in [1.29, 1.82) is 0 Å². The van der Waals surface area contributed by atoms with Gasteiger partial charge in [0, 0.05) is 23.9 Å². The second-order valence-electron chi connectivity index (χ2n) is 7.69. The summed E-state index contributed by atoms with van der Waals surface area (Å²) in [6.45, 7) is 1.57. The number of alkyl halides is 2. The molecule has 0 aromatic carbocycles. The fourth-order valence-electron chi connectivity index (χ4n) is 5.37. The molecule has 2 saturated carbocycles. The molecule has 3 aliphatic rings. The largest absolute Gasteiger partial charge is 0.319 e. The van der Waals surface area contributed by atoms with Crippen molar-refractivity contribution in [2.75, 3.05) is 5.75 Å². The first-order chi connectivity index (χ1) is 10.7. The van der Waals surface area contributed by atoms with Gasteiger partial charge in [-0.3, -0.25) is 4.57 Å². The Morgan fingerprint density at radius 2 is 2.17 bits per heavy atom. The molecule has 0 unspecified atom stereocenters. The van der Waals surface area contributed by atoms with Crippen LogP contribution in [-0.2, 0) is 16.6 Å². The van der Waals surface area contributed by atoms with E-state index in [-0.39, 0.29) is 35.0 Å². The topological polar surface area (TPSA) is 55.2 Å². The van der Waals surface area contributed by atoms with Crippen LogP contribution in [0, 0.1) is 16.7 Å². The Labute approximate surface area is 134 Å². The van der Waals surface area contributed by atoms with Crippen LogP contribution in [-0.4, -0.2) is 34.1 Å². The third-order valence-electron chi connectivity index (χ3n) is 6.79. The molecule has 2 heterocycles. The van der Waals surface area contributed by atoms with Crippen LogP contribution >= 0.6 is 0 Å². The first-order valence-electron chi connectivity index (χ1n) is 7.98. The molecule has 4 rings (SSSR count). The highest BCUT2D eigenvalue weighted by Gasteiger charge is 2.71. The van der Waals surface area contributed by atoms with Crippen molar-refractivity contribution in [1.82, 2.24) is 13.9 Å². The van der Waals surface area contributed by atoms with E-state index in [1.807, 2.05) is 0 Å². The smallest absolute Gasteiger partial charge is 0.277 e. The van der Waals surface area contributed by atoms with Gasteiger partial charge in [0.2, 0.25) is 10.0 Å². The highest BCUT2D eigenvalue weighted by Crippen LogP contribution is 2.70. The summed E-state index contributed by atoms with van der Waals surface area (Å²) in [6, 6.07) is -0.0796. The second-order valence-corrected chi connectivity index (χ2v) is 9.62. The van der Waals surface area contributed by atoms with E-state index in [1.54, 1.807) is 0 Å². The summed E-state index contributed by atoms with van der Waals surface area (Å²) in [4.78, 5) is 3.95. The summed E-state index contributed by atoms with van der Waals surface area (Å²) in [7, 11) is -3.44. The van der Waals surface area contributed by atoms with Gasteiger partial charge in [-0.2, -0.15) is 13.1 Å². The average Bonchev–Trinajstić information content (AvgIpc) is 3.11. The highest BCUT2D eigenvalue weighted by atomic mass is 32.2. The number of aromatic nitrogens is 2. The number of sulfonamides is 1. The monoisotopic (exact) mass is 345 g/mol. The van der Waals surface area contributed by atoms with Gasteiger partial charge >= 0.3 is 6.55 Å². The molecule has 1 aromatic rings. The van der Waals surface area contributed by atoms with E-state index in [4.69, 9.17) is 0 Å². The van der Waals surface area contributed by atoms with Gasteiger partial charge < -0.3 is 0 Å². The lowest BCUT2D eigenvalue weighted by Crippen LogP contribution is -2.41. The summed E-state index contributed by atoms with van der Waals surface area (Å²) in [5.41, 5.74) is -0.254. The summed E-state index contributed by atoms with van der Waals surface area (Å²) in [5.74, 6) is 0.769. The zero-order chi connectivity index (χ0) is 16.6. The van der Waals surface area contributed by atoms with Crippen LogP contribution in [0.4, 0.5) is 8.78 Å². The molecule has 3 atom stereocenters. The van der Waals surface area contributed by atoms with Crippen molar-refractivity contribution in [3.8, 4) is 0 Å². The number of nitrogens with zero attached hydrogens (tertiary/aromatic N) is 3. The van der Waals surface area contributed by atoms with E-state index in [1.165, 1.54) is 16.7 Å². The van der Waals surface area contributed by atoms with E-state index < -0.39 is 16.6 Å². The lowest BCUT2D eigenvalue weighted by Gasteiger charge is -2.37. The first kappa shape index (κ1) is 15.5. The fourth-order valence-corrected chi connectivity index (χ4v) is 7.88. The average molecular weight is 345 g/mol. The minimum Gasteiger partial charge on any atom is -0.277 e. The van der Waals surface area contributed by atoms with Gasteiger partial charge in [-0.15, -0.1) is 0 Å². The third kappa shape index (κ3) is 1.85. The SMILES string of the molecule is CC1(C)[C@@H]2CC[C@@]13CS(=O)(=O)N(Cc1nccn1C(F)F)[C@@H]3C2. The Kier molecular flexibility index (Phi) is 3.06. The maximum absolute atomic E-state index is 13.0. The van der Waals surface area contributed by atoms with Crippen molar-refractivity contribution in [2.24, 2.45) is 16.7 Å². The second kappa shape index (κ2) is 4.53. The highest BCUT2D eigenvalue weighted by molar-refractivity contribution is 7.89. The molecule has 8 heteroatoms. The van der Waals surface area contributed by atoms with Crippen molar-refractivity contribution in [3.05, 3.63) is 18.2 Å². The molecule has 1 spiro atoms. The molecule has 0 amide bonds. The lowest BCUT2D eigenvalue weighted by molar-refractivity contribution is 0.0627. The lowest BCUT2D eigenvalue weighted by atomic mass is 9.69. The van der Waals surface area contributed by atoms with Crippen molar-refractivity contribution in [3.63, 3.8) is 0 Å². The van der Waals surface area contributed by atoms with Crippen molar-refractivity contribution < 1.29 is 17.2 Å². The van der Waals surface area contributed by atoms with Gasteiger partial charge in [0.15, 0.2) is 0 Å². The van der Waals surface area contributed by atoms with Gasteiger partial charge in [-0.05, 0) is 30.6 Å². The quantitative estimate of drug-likeness (QED) is 0.846. The maximum atomic E-state index is 13.0. The third-order valence-corrected chi connectivity index (χ3v) is 8.77. The molecule has 23 heavy (non-hydrogen) atoms. The maximum Gasteiger partial charge on any atom is 0.319 e. The molecule has 2 aliphatic carbocycles. The minimum atomic E-state index is -3.44. The minimum absolute atomic E-state index is 0.0162. The summed E-state index contributed by atoms with van der Waals surface area (Å²) in [5, 5.41) is 0. The molecule has 1 aromatic heterocycles. The molecule has 3 fully saturated rings. The molecule has 0 radical (unpaired) electrons. The van der Waals surface area contributed by atoms with E-state index in [0.29, 0.717) is 5.92 Å². The number of hydrogen-bond donors (Lipinski definition) is 0. The Morgan fingerprint density at radius 3 is 2.83 bits per heavy atom. The van der Waals surface area contributed by atoms with Gasteiger partial charge in [0.1, 0.15) is 5.82 Å².